The second kappa shape index (κ2) is 7.18. The summed E-state index contributed by atoms with van der Waals surface area (Å²) in [6.45, 7) is 1.40. The molecule has 4 rings (SSSR count). The summed E-state index contributed by atoms with van der Waals surface area (Å²) in [6.07, 6.45) is 9.40. The van der Waals surface area contributed by atoms with Crippen molar-refractivity contribution in [3.8, 4) is 5.82 Å². The van der Waals surface area contributed by atoms with Gasteiger partial charge < -0.3 is 9.88 Å². The summed E-state index contributed by atoms with van der Waals surface area (Å²) in [4.78, 5) is 24.9. The Morgan fingerprint density at radius 2 is 2.00 bits per heavy atom. The second-order valence-electron chi connectivity index (χ2n) is 5.91. The van der Waals surface area contributed by atoms with E-state index < -0.39 is 0 Å². The standard InChI is InChI=1S/C19H18N6O/c26-19(15-6-7-18(22-12-15)25-11-9-20-13-25)21-8-3-10-24-14-23-16-4-1-2-5-17(16)24/h1-2,4-7,9,11-14H,3,8,10H2,(H,21,26). The second-order valence-corrected chi connectivity index (χ2v) is 5.91. The number of fused-ring (bicyclic) bond motifs is 1. The fraction of sp³-hybridized carbons (Fsp3) is 0.158. The van der Waals surface area contributed by atoms with Gasteiger partial charge in [-0.1, -0.05) is 12.1 Å². The van der Waals surface area contributed by atoms with Crippen LogP contribution in [-0.2, 0) is 6.54 Å². The molecule has 0 radical (unpaired) electrons. The lowest BCUT2D eigenvalue weighted by molar-refractivity contribution is 0.0952. The van der Waals surface area contributed by atoms with Crippen LogP contribution in [0.15, 0.2) is 67.6 Å². The number of aromatic nitrogens is 5. The third-order valence-corrected chi connectivity index (χ3v) is 4.17. The minimum Gasteiger partial charge on any atom is -0.352 e. The number of benzene rings is 1. The number of carbonyl (C=O) groups excluding carboxylic acids is 1. The van der Waals surface area contributed by atoms with Gasteiger partial charge in [-0.05, 0) is 30.7 Å². The Bertz CT molecular complexity index is 1000. The van der Waals surface area contributed by atoms with Crippen molar-refractivity contribution in [2.24, 2.45) is 0 Å². The molecule has 1 N–H and O–H groups in total. The average Bonchev–Trinajstić information content (AvgIpc) is 3.35. The van der Waals surface area contributed by atoms with Crippen molar-refractivity contribution in [3.05, 3.63) is 73.2 Å². The van der Waals surface area contributed by atoms with Crippen molar-refractivity contribution >= 4 is 16.9 Å². The molecular weight excluding hydrogens is 328 g/mol. The number of hydrogen-bond acceptors (Lipinski definition) is 4. The zero-order valence-electron chi connectivity index (χ0n) is 14.1. The Hall–Kier alpha value is -3.48. The number of imidazole rings is 2. The van der Waals surface area contributed by atoms with Crippen molar-refractivity contribution < 1.29 is 4.79 Å². The highest BCUT2D eigenvalue weighted by molar-refractivity contribution is 5.93. The van der Waals surface area contributed by atoms with Gasteiger partial charge >= 0.3 is 0 Å². The van der Waals surface area contributed by atoms with E-state index in [-0.39, 0.29) is 5.91 Å². The van der Waals surface area contributed by atoms with Crippen molar-refractivity contribution in [2.75, 3.05) is 6.54 Å². The van der Waals surface area contributed by atoms with Crippen molar-refractivity contribution in [1.29, 1.82) is 0 Å². The van der Waals surface area contributed by atoms with Crippen LogP contribution in [0.2, 0.25) is 0 Å². The molecule has 3 aromatic heterocycles. The zero-order valence-corrected chi connectivity index (χ0v) is 14.1. The quantitative estimate of drug-likeness (QED) is 0.544. The van der Waals surface area contributed by atoms with Gasteiger partial charge in [0.1, 0.15) is 12.1 Å². The maximum Gasteiger partial charge on any atom is 0.252 e. The molecule has 0 aliphatic rings. The van der Waals surface area contributed by atoms with Crippen LogP contribution in [0.25, 0.3) is 16.9 Å². The first kappa shape index (κ1) is 16.0. The summed E-state index contributed by atoms with van der Waals surface area (Å²) in [6, 6.07) is 11.6. The SMILES string of the molecule is O=C(NCCCn1cnc2ccccc21)c1ccc(-n2ccnc2)nc1. The molecule has 4 aromatic rings. The minimum atomic E-state index is -0.120. The molecule has 0 saturated carbocycles. The van der Waals surface area contributed by atoms with E-state index in [1.807, 2.05) is 30.7 Å². The summed E-state index contributed by atoms with van der Waals surface area (Å²) in [7, 11) is 0. The van der Waals surface area contributed by atoms with Crippen molar-refractivity contribution in [2.45, 2.75) is 13.0 Å². The summed E-state index contributed by atoms with van der Waals surface area (Å²) in [5.41, 5.74) is 2.64. The fourth-order valence-corrected chi connectivity index (χ4v) is 2.81. The highest BCUT2D eigenvalue weighted by Crippen LogP contribution is 2.12. The van der Waals surface area contributed by atoms with Gasteiger partial charge in [-0.25, -0.2) is 15.0 Å². The molecule has 130 valence electrons. The van der Waals surface area contributed by atoms with Crippen LogP contribution in [0.3, 0.4) is 0 Å². The number of nitrogens with zero attached hydrogens (tertiary/aromatic N) is 5. The molecule has 0 aliphatic carbocycles. The van der Waals surface area contributed by atoms with E-state index in [9.17, 15) is 4.79 Å². The average molecular weight is 346 g/mol. The Kier molecular flexibility index (Phi) is 4.42. The predicted molar refractivity (Wildman–Crippen MR) is 98.0 cm³/mol. The topological polar surface area (TPSA) is 77.6 Å². The molecule has 0 fully saturated rings. The van der Waals surface area contributed by atoms with E-state index >= 15 is 0 Å². The van der Waals surface area contributed by atoms with Crippen LogP contribution in [0.4, 0.5) is 0 Å². The van der Waals surface area contributed by atoms with Crippen LogP contribution < -0.4 is 5.32 Å². The summed E-state index contributed by atoms with van der Waals surface area (Å²) >= 11 is 0. The van der Waals surface area contributed by atoms with Crippen LogP contribution in [0.1, 0.15) is 16.8 Å². The van der Waals surface area contributed by atoms with Gasteiger partial charge in [0.15, 0.2) is 0 Å². The monoisotopic (exact) mass is 346 g/mol. The lowest BCUT2D eigenvalue weighted by Gasteiger charge is -2.07. The van der Waals surface area contributed by atoms with E-state index in [4.69, 9.17) is 0 Å². The number of carbonyl (C=O) groups is 1. The smallest absolute Gasteiger partial charge is 0.252 e. The molecule has 26 heavy (non-hydrogen) atoms. The van der Waals surface area contributed by atoms with Gasteiger partial charge in [0, 0.05) is 31.7 Å². The molecule has 7 nitrogen and oxygen atoms in total. The fourth-order valence-electron chi connectivity index (χ4n) is 2.81. The third-order valence-electron chi connectivity index (χ3n) is 4.17. The molecule has 0 atom stereocenters. The molecule has 0 spiro atoms. The molecule has 0 saturated heterocycles. The highest BCUT2D eigenvalue weighted by Gasteiger charge is 2.07. The first-order valence-corrected chi connectivity index (χ1v) is 8.44. The van der Waals surface area contributed by atoms with Crippen LogP contribution in [0, 0.1) is 0 Å². The molecule has 0 unspecified atom stereocenters. The van der Waals surface area contributed by atoms with E-state index in [2.05, 4.69) is 30.9 Å². The maximum absolute atomic E-state index is 12.2. The Labute approximate surface area is 150 Å². The highest BCUT2D eigenvalue weighted by atomic mass is 16.1. The van der Waals surface area contributed by atoms with Gasteiger partial charge in [-0.3, -0.25) is 9.36 Å². The largest absolute Gasteiger partial charge is 0.352 e. The zero-order chi connectivity index (χ0) is 17.8. The molecule has 1 amide bonds. The first-order chi connectivity index (χ1) is 12.8. The van der Waals surface area contributed by atoms with Crippen LogP contribution in [-0.4, -0.2) is 36.5 Å². The van der Waals surface area contributed by atoms with E-state index in [1.165, 1.54) is 0 Å². The number of aryl methyl sites for hydroxylation is 1. The summed E-state index contributed by atoms with van der Waals surface area (Å²) in [5.74, 6) is 0.608. The van der Waals surface area contributed by atoms with Gasteiger partial charge in [-0.15, -0.1) is 0 Å². The predicted octanol–water partition coefficient (Wildman–Crippen LogP) is 2.44. The molecular formula is C19H18N6O. The number of nitrogens with one attached hydrogen (secondary N) is 1. The molecule has 1 aromatic carbocycles. The van der Waals surface area contributed by atoms with E-state index in [0.29, 0.717) is 12.1 Å². The molecule has 7 heteroatoms. The Balaban J connectivity index is 1.30. The van der Waals surface area contributed by atoms with E-state index in [0.717, 1.165) is 29.8 Å². The molecule has 3 heterocycles. The number of amides is 1. The minimum absolute atomic E-state index is 0.120. The first-order valence-electron chi connectivity index (χ1n) is 8.44. The van der Waals surface area contributed by atoms with Gasteiger partial charge in [-0.2, -0.15) is 0 Å². The van der Waals surface area contributed by atoms with Crippen LogP contribution >= 0.6 is 0 Å². The normalized spacial score (nSPS) is 10.9. The third kappa shape index (κ3) is 3.32. The lowest BCUT2D eigenvalue weighted by atomic mass is 10.2. The van der Waals surface area contributed by atoms with Crippen LogP contribution in [0.5, 0.6) is 0 Å². The summed E-state index contributed by atoms with van der Waals surface area (Å²) < 4.78 is 3.89. The molecule has 0 bridgehead atoms. The number of hydrogen-bond donors (Lipinski definition) is 1. The van der Waals surface area contributed by atoms with Gasteiger partial charge in [0.2, 0.25) is 0 Å². The van der Waals surface area contributed by atoms with Gasteiger partial charge in [0.05, 0.1) is 22.9 Å². The van der Waals surface area contributed by atoms with Gasteiger partial charge in [0.25, 0.3) is 5.91 Å². The maximum atomic E-state index is 12.2. The summed E-state index contributed by atoms with van der Waals surface area (Å²) in [5, 5.41) is 2.93. The Morgan fingerprint density at radius 3 is 2.81 bits per heavy atom. The Morgan fingerprint density at radius 1 is 1.08 bits per heavy atom. The molecule has 0 aliphatic heterocycles. The number of rotatable bonds is 6. The van der Waals surface area contributed by atoms with Crippen molar-refractivity contribution in [3.63, 3.8) is 0 Å². The van der Waals surface area contributed by atoms with Crippen molar-refractivity contribution in [1.82, 2.24) is 29.4 Å². The lowest BCUT2D eigenvalue weighted by Crippen LogP contribution is -2.25. The van der Waals surface area contributed by atoms with E-state index in [1.54, 1.807) is 35.4 Å². The number of pyridine rings is 1. The number of para-hydroxylation sites is 2.